The fourth-order valence-corrected chi connectivity index (χ4v) is 4.60. The van der Waals surface area contributed by atoms with Crippen LogP contribution in [0.5, 0.6) is 0 Å². The summed E-state index contributed by atoms with van der Waals surface area (Å²) in [4.78, 5) is 1.15. The molecular formula is C14H20N2O3S2. The number of sulfonamides is 1. The minimum Gasteiger partial charge on any atom is -0.465 e. The van der Waals surface area contributed by atoms with Gasteiger partial charge < -0.3 is 9.73 Å². The van der Waals surface area contributed by atoms with Crippen molar-refractivity contribution in [1.29, 1.82) is 0 Å². The fourth-order valence-electron chi connectivity index (χ4n) is 1.98. The van der Waals surface area contributed by atoms with E-state index in [1.165, 1.54) is 11.3 Å². The molecule has 116 valence electrons. The molecule has 0 spiro atoms. The highest BCUT2D eigenvalue weighted by Crippen LogP contribution is 2.24. The molecule has 0 fully saturated rings. The Morgan fingerprint density at radius 1 is 1.33 bits per heavy atom. The van der Waals surface area contributed by atoms with E-state index in [0.717, 1.165) is 17.2 Å². The summed E-state index contributed by atoms with van der Waals surface area (Å²) in [6, 6.07) is 4.84. The number of nitrogens with one attached hydrogen (secondary N) is 2. The number of thiophene rings is 1. The average molecular weight is 328 g/mol. The first-order valence-electron chi connectivity index (χ1n) is 6.79. The highest BCUT2D eigenvalue weighted by atomic mass is 32.2. The van der Waals surface area contributed by atoms with Gasteiger partial charge in [0.25, 0.3) is 0 Å². The number of furan rings is 1. The van der Waals surface area contributed by atoms with Crippen LogP contribution in [-0.2, 0) is 16.6 Å². The monoisotopic (exact) mass is 328 g/mol. The van der Waals surface area contributed by atoms with Gasteiger partial charge in [0.1, 0.15) is 11.5 Å². The van der Waals surface area contributed by atoms with Gasteiger partial charge in [0.15, 0.2) is 0 Å². The molecule has 7 heteroatoms. The van der Waals surface area contributed by atoms with E-state index in [0.29, 0.717) is 17.2 Å². The fraction of sp³-hybridized carbons (Fsp3) is 0.429. The molecule has 0 aliphatic heterocycles. The summed E-state index contributed by atoms with van der Waals surface area (Å²) in [6.45, 7) is 6.94. The molecule has 0 saturated heterocycles. The highest BCUT2D eigenvalue weighted by molar-refractivity contribution is 7.89. The molecule has 2 heterocycles. The topological polar surface area (TPSA) is 71.3 Å². The Bertz CT molecular complexity index is 689. The van der Waals surface area contributed by atoms with Gasteiger partial charge in [0.05, 0.1) is 10.9 Å². The average Bonchev–Trinajstić information content (AvgIpc) is 3.04. The molecule has 2 aromatic rings. The van der Waals surface area contributed by atoms with Gasteiger partial charge in [0.2, 0.25) is 10.0 Å². The lowest BCUT2D eigenvalue weighted by Crippen LogP contribution is -2.27. The van der Waals surface area contributed by atoms with Gasteiger partial charge in [0, 0.05) is 11.4 Å². The zero-order valence-corrected chi connectivity index (χ0v) is 14.0. The molecule has 2 rings (SSSR count). The predicted molar refractivity (Wildman–Crippen MR) is 83.9 cm³/mol. The van der Waals surface area contributed by atoms with Gasteiger partial charge in [-0.25, -0.2) is 13.1 Å². The maximum Gasteiger partial charge on any atom is 0.242 e. The summed E-state index contributed by atoms with van der Waals surface area (Å²) >= 11 is 1.44. The highest BCUT2D eigenvalue weighted by Gasteiger charge is 2.23. The van der Waals surface area contributed by atoms with E-state index >= 15 is 0 Å². The molecule has 0 saturated carbocycles. The number of aryl methyl sites for hydroxylation is 1. The van der Waals surface area contributed by atoms with Gasteiger partial charge in [-0.3, -0.25) is 0 Å². The molecule has 1 unspecified atom stereocenters. The van der Waals surface area contributed by atoms with Crippen LogP contribution in [0.4, 0.5) is 0 Å². The molecule has 5 nitrogen and oxygen atoms in total. The van der Waals surface area contributed by atoms with Crippen molar-refractivity contribution in [2.24, 2.45) is 0 Å². The second kappa shape index (κ2) is 6.74. The summed E-state index contributed by atoms with van der Waals surface area (Å²) in [7, 11) is -3.56. The third-order valence-corrected chi connectivity index (χ3v) is 5.72. The van der Waals surface area contributed by atoms with Crippen molar-refractivity contribution < 1.29 is 12.8 Å². The van der Waals surface area contributed by atoms with Crippen LogP contribution in [0.1, 0.15) is 36.3 Å². The van der Waals surface area contributed by atoms with Gasteiger partial charge in [-0.05, 0) is 44.0 Å². The van der Waals surface area contributed by atoms with Crippen molar-refractivity contribution in [3.8, 4) is 0 Å². The molecule has 2 aromatic heterocycles. The first-order valence-corrected chi connectivity index (χ1v) is 9.16. The largest absolute Gasteiger partial charge is 0.465 e. The van der Waals surface area contributed by atoms with Crippen molar-refractivity contribution in [3.63, 3.8) is 0 Å². The van der Waals surface area contributed by atoms with Gasteiger partial charge in [-0.2, -0.15) is 0 Å². The smallest absolute Gasteiger partial charge is 0.242 e. The lowest BCUT2D eigenvalue weighted by atomic mass is 10.3. The van der Waals surface area contributed by atoms with Crippen LogP contribution in [0.15, 0.2) is 32.9 Å². The third kappa shape index (κ3) is 3.94. The van der Waals surface area contributed by atoms with Crippen molar-refractivity contribution in [2.75, 3.05) is 6.54 Å². The number of hydrogen-bond acceptors (Lipinski definition) is 5. The first kappa shape index (κ1) is 16.2. The van der Waals surface area contributed by atoms with Crippen molar-refractivity contribution in [2.45, 2.75) is 38.3 Å². The normalized spacial score (nSPS) is 13.5. The van der Waals surface area contributed by atoms with Crippen LogP contribution in [0.2, 0.25) is 0 Å². The van der Waals surface area contributed by atoms with Crippen LogP contribution in [-0.4, -0.2) is 15.0 Å². The summed E-state index contributed by atoms with van der Waals surface area (Å²) in [6.07, 6.45) is 0. The summed E-state index contributed by atoms with van der Waals surface area (Å²) in [5.74, 6) is 1.37. The number of hydrogen-bond donors (Lipinski definition) is 2. The predicted octanol–water partition coefficient (Wildman–Crippen LogP) is 2.80. The molecule has 2 N–H and O–H groups in total. The van der Waals surface area contributed by atoms with Crippen LogP contribution in [0.25, 0.3) is 0 Å². The van der Waals surface area contributed by atoms with Crippen molar-refractivity contribution in [1.82, 2.24) is 10.0 Å². The van der Waals surface area contributed by atoms with E-state index in [1.54, 1.807) is 24.4 Å². The Morgan fingerprint density at radius 2 is 2.10 bits per heavy atom. The summed E-state index contributed by atoms with van der Waals surface area (Å²) < 4.78 is 33.1. The Hall–Kier alpha value is -1.15. The lowest BCUT2D eigenvalue weighted by molar-refractivity contribution is 0.441. The SMILES string of the molecule is CCNCc1sccc1S(=O)(=O)NC(C)c1ccc(C)o1. The van der Waals surface area contributed by atoms with E-state index < -0.39 is 16.1 Å². The van der Waals surface area contributed by atoms with Crippen molar-refractivity contribution in [3.05, 3.63) is 40.0 Å². The van der Waals surface area contributed by atoms with Crippen LogP contribution < -0.4 is 10.0 Å². The van der Waals surface area contributed by atoms with E-state index in [2.05, 4.69) is 10.0 Å². The lowest BCUT2D eigenvalue weighted by Gasteiger charge is -2.12. The maximum atomic E-state index is 12.5. The first-order chi connectivity index (χ1) is 9.94. The van der Waals surface area contributed by atoms with E-state index in [9.17, 15) is 8.42 Å². The molecule has 0 bridgehead atoms. The van der Waals surface area contributed by atoms with E-state index in [-0.39, 0.29) is 0 Å². The minimum absolute atomic E-state index is 0.337. The standard InChI is InChI=1S/C14H20N2O3S2/c1-4-15-9-13-14(7-8-20-13)21(17,18)16-11(3)12-6-5-10(2)19-12/h5-8,11,15-16H,4,9H2,1-3H3. The Labute approximate surface area is 129 Å². The molecule has 21 heavy (non-hydrogen) atoms. The van der Waals surface area contributed by atoms with Crippen LogP contribution >= 0.6 is 11.3 Å². The van der Waals surface area contributed by atoms with E-state index in [1.807, 2.05) is 19.9 Å². The molecular weight excluding hydrogens is 308 g/mol. The van der Waals surface area contributed by atoms with Crippen LogP contribution in [0.3, 0.4) is 0 Å². The second-order valence-corrected chi connectivity index (χ2v) is 7.46. The van der Waals surface area contributed by atoms with Gasteiger partial charge in [-0.1, -0.05) is 6.92 Å². The molecule has 1 atom stereocenters. The maximum absolute atomic E-state index is 12.5. The zero-order chi connectivity index (χ0) is 15.5. The minimum atomic E-state index is -3.56. The molecule has 0 aliphatic rings. The van der Waals surface area contributed by atoms with E-state index in [4.69, 9.17) is 4.42 Å². The Balaban J connectivity index is 2.16. The third-order valence-electron chi connectivity index (χ3n) is 3.05. The van der Waals surface area contributed by atoms with Crippen molar-refractivity contribution >= 4 is 21.4 Å². The Kier molecular flexibility index (Phi) is 5.21. The van der Waals surface area contributed by atoms with Gasteiger partial charge in [-0.15, -0.1) is 11.3 Å². The summed E-state index contributed by atoms with van der Waals surface area (Å²) in [5.41, 5.74) is 0. The Morgan fingerprint density at radius 3 is 2.71 bits per heavy atom. The number of rotatable bonds is 7. The summed E-state index contributed by atoms with van der Waals surface area (Å²) in [5, 5.41) is 4.95. The molecule has 0 aromatic carbocycles. The van der Waals surface area contributed by atoms with Gasteiger partial charge >= 0.3 is 0 Å². The molecule has 0 amide bonds. The molecule has 0 radical (unpaired) electrons. The van der Waals surface area contributed by atoms with Crippen LogP contribution in [0, 0.1) is 6.92 Å². The quantitative estimate of drug-likeness (QED) is 0.820. The zero-order valence-electron chi connectivity index (χ0n) is 12.3. The molecule has 0 aliphatic carbocycles. The second-order valence-electron chi connectivity index (χ2n) is 4.78.